The third kappa shape index (κ3) is 3.85. The lowest BCUT2D eigenvalue weighted by Crippen LogP contribution is -2.44. The van der Waals surface area contributed by atoms with Crippen molar-refractivity contribution in [3.8, 4) is 0 Å². The number of rotatable bonds is 5. The Morgan fingerprint density at radius 3 is 2.88 bits per heavy atom. The van der Waals surface area contributed by atoms with Gasteiger partial charge in [-0.1, -0.05) is 0 Å². The van der Waals surface area contributed by atoms with Gasteiger partial charge in [0, 0.05) is 30.4 Å². The molecule has 0 spiro atoms. The molecule has 0 aliphatic rings. The molecule has 0 fully saturated rings. The molecule has 0 aliphatic heterocycles. The number of furan rings is 1. The van der Waals surface area contributed by atoms with Crippen molar-refractivity contribution in [1.82, 2.24) is 20.0 Å². The molecule has 8 heteroatoms. The van der Waals surface area contributed by atoms with E-state index in [0.29, 0.717) is 19.0 Å². The minimum atomic E-state index is -1.06. The zero-order valence-electron chi connectivity index (χ0n) is 14.8. The summed E-state index contributed by atoms with van der Waals surface area (Å²) in [5.74, 6) is 2.12. The highest BCUT2D eigenvalue weighted by Crippen LogP contribution is 2.26. The van der Waals surface area contributed by atoms with Crippen molar-refractivity contribution in [3.05, 3.63) is 46.6 Å². The van der Waals surface area contributed by atoms with Crippen molar-refractivity contribution in [2.45, 2.75) is 32.9 Å². The highest BCUT2D eigenvalue weighted by molar-refractivity contribution is 7.15. The highest BCUT2D eigenvalue weighted by Gasteiger charge is 2.27. The van der Waals surface area contributed by atoms with Gasteiger partial charge in [0.25, 0.3) is 0 Å². The van der Waals surface area contributed by atoms with Crippen LogP contribution in [0.5, 0.6) is 0 Å². The number of nitrogens with zero attached hydrogens (tertiary/aromatic N) is 3. The number of aliphatic hydroxyl groups is 1. The molecule has 3 aromatic rings. The molecule has 0 radical (unpaired) electrons. The van der Waals surface area contributed by atoms with Gasteiger partial charge in [0.15, 0.2) is 10.9 Å². The first-order valence-electron chi connectivity index (χ1n) is 8.04. The highest BCUT2D eigenvalue weighted by atomic mass is 32.1. The molecule has 0 saturated heterocycles. The zero-order valence-corrected chi connectivity index (χ0v) is 15.6. The van der Waals surface area contributed by atoms with Crippen LogP contribution in [-0.2, 0) is 12.1 Å². The predicted molar refractivity (Wildman–Crippen MR) is 99.0 cm³/mol. The maximum atomic E-state index is 10.8. The SMILES string of the molecule is CN=C(NCc1cn2ccsc2n1)NCC(C)(O)c1cc(C)oc1C. The number of imidazole rings is 1. The smallest absolute Gasteiger partial charge is 0.193 e. The van der Waals surface area contributed by atoms with Gasteiger partial charge in [-0.3, -0.25) is 9.39 Å². The number of fused-ring (bicyclic) bond motifs is 1. The summed E-state index contributed by atoms with van der Waals surface area (Å²) in [6.45, 7) is 6.35. The Bertz CT molecular complexity index is 862. The number of aryl methyl sites for hydroxylation is 2. The molecule has 0 amide bonds. The van der Waals surface area contributed by atoms with Crippen LogP contribution in [0.2, 0.25) is 0 Å². The van der Waals surface area contributed by atoms with E-state index in [1.807, 2.05) is 42.1 Å². The number of aliphatic imine (C=N–C) groups is 1. The van der Waals surface area contributed by atoms with E-state index >= 15 is 0 Å². The lowest BCUT2D eigenvalue weighted by atomic mass is 9.96. The van der Waals surface area contributed by atoms with Crippen molar-refractivity contribution >= 4 is 22.3 Å². The van der Waals surface area contributed by atoms with Gasteiger partial charge in [-0.05, 0) is 26.8 Å². The molecule has 7 nitrogen and oxygen atoms in total. The summed E-state index contributed by atoms with van der Waals surface area (Å²) in [6.07, 6.45) is 3.97. The van der Waals surface area contributed by atoms with Crippen LogP contribution < -0.4 is 10.6 Å². The summed E-state index contributed by atoms with van der Waals surface area (Å²) in [4.78, 5) is 9.69. The summed E-state index contributed by atoms with van der Waals surface area (Å²) in [6, 6.07) is 1.87. The van der Waals surface area contributed by atoms with E-state index in [4.69, 9.17) is 4.42 Å². The van der Waals surface area contributed by atoms with Gasteiger partial charge in [0.05, 0.1) is 18.8 Å². The molecule has 0 bridgehead atoms. The first-order valence-corrected chi connectivity index (χ1v) is 8.92. The Morgan fingerprint density at radius 2 is 2.24 bits per heavy atom. The third-order valence-electron chi connectivity index (χ3n) is 4.02. The van der Waals surface area contributed by atoms with E-state index in [9.17, 15) is 5.11 Å². The second kappa shape index (κ2) is 6.89. The first-order chi connectivity index (χ1) is 11.9. The summed E-state index contributed by atoms with van der Waals surface area (Å²) in [7, 11) is 1.70. The lowest BCUT2D eigenvalue weighted by Gasteiger charge is -2.24. The van der Waals surface area contributed by atoms with Crippen LogP contribution in [0.4, 0.5) is 0 Å². The minimum Gasteiger partial charge on any atom is -0.466 e. The Hall–Kier alpha value is -2.32. The fourth-order valence-corrected chi connectivity index (χ4v) is 3.49. The van der Waals surface area contributed by atoms with Gasteiger partial charge in [0.2, 0.25) is 0 Å². The predicted octanol–water partition coefficient (Wildman–Crippen LogP) is 2.18. The quantitative estimate of drug-likeness (QED) is 0.479. The van der Waals surface area contributed by atoms with E-state index in [0.717, 1.165) is 27.7 Å². The standard InChI is InChI=1S/C17H23N5O2S/c1-11-7-14(12(2)24-11)17(3,23)10-20-15(18-4)19-8-13-9-22-5-6-25-16(22)21-13/h5-7,9,23H,8,10H2,1-4H3,(H2,18,19,20). The van der Waals surface area contributed by atoms with E-state index < -0.39 is 5.60 Å². The van der Waals surface area contributed by atoms with Crippen LogP contribution in [0.15, 0.2) is 33.2 Å². The number of thiazole rings is 1. The summed E-state index contributed by atoms with van der Waals surface area (Å²) >= 11 is 1.60. The van der Waals surface area contributed by atoms with Crippen LogP contribution in [0.3, 0.4) is 0 Å². The van der Waals surface area contributed by atoms with E-state index in [2.05, 4.69) is 20.6 Å². The Balaban J connectivity index is 1.58. The maximum absolute atomic E-state index is 10.8. The van der Waals surface area contributed by atoms with E-state index in [1.165, 1.54) is 0 Å². The molecule has 0 saturated carbocycles. The van der Waals surface area contributed by atoms with E-state index in [-0.39, 0.29) is 0 Å². The Morgan fingerprint density at radius 1 is 1.44 bits per heavy atom. The molecule has 3 N–H and O–H groups in total. The summed E-state index contributed by atoms with van der Waals surface area (Å²) < 4.78 is 7.51. The van der Waals surface area contributed by atoms with Crippen LogP contribution in [-0.4, -0.2) is 34.0 Å². The van der Waals surface area contributed by atoms with Gasteiger partial charge in [0.1, 0.15) is 17.1 Å². The van der Waals surface area contributed by atoms with Crippen LogP contribution >= 0.6 is 11.3 Å². The number of aromatic nitrogens is 2. The molecular weight excluding hydrogens is 338 g/mol. The van der Waals surface area contributed by atoms with Crippen molar-refractivity contribution in [2.75, 3.05) is 13.6 Å². The molecule has 3 rings (SSSR count). The van der Waals surface area contributed by atoms with Gasteiger partial charge in [-0.25, -0.2) is 4.98 Å². The van der Waals surface area contributed by atoms with Crippen LogP contribution in [0.1, 0.15) is 29.7 Å². The third-order valence-corrected chi connectivity index (χ3v) is 4.80. The minimum absolute atomic E-state index is 0.310. The Labute approximate surface area is 150 Å². The van der Waals surface area contributed by atoms with Crippen molar-refractivity contribution in [1.29, 1.82) is 0 Å². The summed E-state index contributed by atoms with van der Waals surface area (Å²) in [5.41, 5.74) is 0.654. The zero-order chi connectivity index (χ0) is 18.0. The van der Waals surface area contributed by atoms with E-state index in [1.54, 1.807) is 25.3 Å². The summed E-state index contributed by atoms with van der Waals surface area (Å²) in [5, 5.41) is 19.1. The molecule has 3 heterocycles. The second-order valence-corrected chi connectivity index (χ2v) is 7.08. The Kier molecular flexibility index (Phi) is 4.82. The molecule has 1 atom stereocenters. The van der Waals surface area contributed by atoms with Gasteiger partial charge in [-0.2, -0.15) is 0 Å². The molecule has 25 heavy (non-hydrogen) atoms. The topological polar surface area (TPSA) is 87.1 Å². The van der Waals surface area contributed by atoms with Gasteiger partial charge < -0.3 is 20.2 Å². The fraction of sp³-hybridized carbons (Fsp3) is 0.412. The van der Waals surface area contributed by atoms with Crippen LogP contribution in [0, 0.1) is 13.8 Å². The van der Waals surface area contributed by atoms with Gasteiger partial charge >= 0.3 is 0 Å². The second-order valence-electron chi connectivity index (χ2n) is 6.21. The van der Waals surface area contributed by atoms with Crippen LogP contribution in [0.25, 0.3) is 4.96 Å². The molecule has 134 valence electrons. The normalized spacial score (nSPS) is 14.7. The molecule has 1 unspecified atom stereocenters. The fourth-order valence-electron chi connectivity index (χ4n) is 2.77. The number of hydrogen-bond donors (Lipinski definition) is 3. The van der Waals surface area contributed by atoms with Gasteiger partial charge in [-0.15, -0.1) is 11.3 Å². The van der Waals surface area contributed by atoms with Crippen molar-refractivity contribution in [3.63, 3.8) is 0 Å². The van der Waals surface area contributed by atoms with Crippen molar-refractivity contribution in [2.24, 2.45) is 4.99 Å². The lowest BCUT2D eigenvalue weighted by molar-refractivity contribution is 0.0602. The molecule has 0 aliphatic carbocycles. The molecule has 3 aromatic heterocycles. The monoisotopic (exact) mass is 361 g/mol. The number of nitrogens with one attached hydrogen (secondary N) is 2. The number of hydrogen-bond acceptors (Lipinski definition) is 5. The average Bonchev–Trinajstić information content (AvgIpc) is 3.22. The largest absolute Gasteiger partial charge is 0.466 e. The van der Waals surface area contributed by atoms with Crippen molar-refractivity contribution < 1.29 is 9.52 Å². The number of guanidine groups is 1. The molecule has 0 aromatic carbocycles. The maximum Gasteiger partial charge on any atom is 0.193 e. The average molecular weight is 361 g/mol. The first kappa shape index (κ1) is 17.5. The molecular formula is C17H23N5O2S.